The van der Waals surface area contributed by atoms with Crippen LogP contribution in [0.15, 0.2) is 0 Å². The Balaban J connectivity index is 3.23. The molecule has 0 aliphatic carbocycles. The van der Waals surface area contributed by atoms with Crippen LogP contribution in [0.1, 0.15) is 117 Å². The van der Waals surface area contributed by atoms with Gasteiger partial charge in [-0.1, -0.05) is 77.0 Å². The molecule has 10 nitrogen and oxygen atoms in total. The summed E-state index contributed by atoms with van der Waals surface area (Å²) < 4.78 is 11.0. The Kier molecular flexibility index (Phi) is 34.5. The summed E-state index contributed by atoms with van der Waals surface area (Å²) in [5.41, 5.74) is 0. The van der Waals surface area contributed by atoms with E-state index in [9.17, 15) is 0 Å². The van der Waals surface area contributed by atoms with Gasteiger partial charge in [0.25, 0.3) is 0 Å². The van der Waals surface area contributed by atoms with Crippen LogP contribution in [0, 0.1) is 0 Å². The first-order chi connectivity index (χ1) is 19.7. The van der Waals surface area contributed by atoms with Crippen LogP contribution in [0.3, 0.4) is 0 Å². The van der Waals surface area contributed by atoms with Gasteiger partial charge in [0, 0.05) is 27.2 Å². The van der Waals surface area contributed by atoms with Crippen LogP contribution < -0.4 is 0 Å². The Morgan fingerprint density at radius 2 is 0.700 bits per heavy atom. The monoisotopic (exact) mass is 580 g/mol. The summed E-state index contributed by atoms with van der Waals surface area (Å²) in [5, 5.41) is 3.72. The second-order valence-corrected chi connectivity index (χ2v) is 10.1. The Morgan fingerprint density at radius 3 is 1.05 bits per heavy atom. The zero-order chi connectivity index (χ0) is 29.2. The molecule has 0 rings (SSSR count). The van der Waals surface area contributed by atoms with Crippen molar-refractivity contribution in [2.75, 3.05) is 80.4 Å². The van der Waals surface area contributed by atoms with Crippen molar-refractivity contribution >= 4 is 0 Å². The maximum Gasteiger partial charge on any atom is 0.167 e. The molecule has 0 aromatic rings. The molecular formula is C30H64N2O8. The molecule has 0 spiro atoms. The molecule has 0 saturated heterocycles. The fraction of sp³-hybridized carbons (Fsp3) is 1.00. The van der Waals surface area contributed by atoms with E-state index in [2.05, 4.69) is 0 Å². The highest BCUT2D eigenvalue weighted by atomic mass is 17.2. The van der Waals surface area contributed by atoms with Crippen molar-refractivity contribution in [2.24, 2.45) is 0 Å². The zero-order valence-electron chi connectivity index (χ0n) is 26.5. The molecular weight excluding hydrogens is 516 g/mol. The molecule has 0 N–H and O–H groups in total. The molecule has 0 aromatic heterocycles. The first-order valence-corrected chi connectivity index (χ1v) is 16.0. The Hall–Kier alpha value is -0.400. The number of hydrogen-bond donors (Lipinski definition) is 0. The molecule has 0 radical (unpaired) electrons. The van der Waals surface area contributed by atoms with Crippen molar-refractivity contribution < 1.29 is 38.7 Å². The molecule has 0 fully saturated rings. The number of rotatable bonds is 35. The lowest BCUT2D eigenvalue weighted by Gasteiger charge is -2.17. The van der Waals surface area contributed by atoms with E-state index in [1.165, 1.54) is 77.0 Å². The van der Waals surface area contributed by atoms with Gasteiger partial charge in [-0.2, -0.15) is 10.1 Å². The quantitative estimate of drug-likeness (QED) is 0.0344. The number of hydrogen-bond acceptors (Lipinski definition) is 10. The van der Waals surface area contributed by atoms with E-state index in [1.807, 2.05) is 38.1 Å². The third-order valence-electron chi connectivity index (χ3n) is 6.39. The molecule has 0 aliphatic heterocycles. The van der Waals surface area contributed by atoms with Crippen molar-refractivity contribution in [2.45, 2.75) is 117 Å². The molecule has 0 saturated carbocycles. The number of hydroxylamine groups is 4. The predicted molar refractivity (Wildman–Crippen MR) is 158 cm³/mol. The van der Waals surface area contributed by atoms with E-state index in [-0.39, 0.29) is 13.6 Å². The van der Waals surface area contributed by atoms with Crippen LogP contribution >= 0.6 is 0 Å². The summed E-state index contributed by atoms with van der Waals surface area (Å²) in [6.45, 7) is 9.81. The van der Waals surface area contributed by atoms with E-state index in [4.69, 9.17) is 38.7 Å². The van der Waals surface area contributed by atoms with Crippen LogP contribution in [-0.2, 0) is 38.7 Å². The molecule has 0 aliphatic rings. The highest BCUT2D eigenvalue weighted by molar-refractivity contribution is 4.49. The molecule has 242 valence electrons. The summed E-state index contributed by atoms with van der Waals surface area (Å²) in [6, 6.07) is 0. The lowest BCUT2D eigenvalue weighted by molar-refractivity contribution is -0.291. The smallest absolute Gasteiger partial charge is 0.167 e. The van der Waals surface area contributed by atoms with Crippen LogP contribution in [-0.4, -0.2) is 90.5 Å². The number of unbranched alkanes of at least 4 members (excludes halogenated alkanes) is 14. The summed E-state index contributed by atoms with van der Waals surface area (Å²) in [5.74, 6) is 0. The molecule has 0 amide bonds. The van der Waals surface area contributed by atoms with Gasteiger partial charge in [0.05, 0.1) is 39.6 Å². The van der Waals surface area contributed by atoms with E-state index in [0.29, 0.717) is 39.6 Å². The van der Waals surface area contributed by atoms with Crippen molar-refractivity contribution in [1.29, 1.82) is 0 Å². The fourth-order valence-electron chi connectivity index (χ4n) is 4.02. The minimum Gasteiger partial charge on any atom is -0.351 e. The van der Waals surface area contributed by atoms with Gasteiger partial charge in [-0.15, -0.1) is 0 Å². The first-order valence-electron chi connectivity index (χ1n) is 16.0. The summed E-state index contributed by atoms with van der Waals surface area (Å²) in [4.78, 5) is 31.0. The van der Waals surface area contributed by atoms with Gasteiger partial charge >= 0.3 is 0 Å². The van der Waals surface area contributed by atoms with Crippen molar-refractivity contribution in [3.05, 3.63) is 0 Å². The Bertz CT molecular complexity index is 425. The second-order valence-electron chi connectivity index (χ2n) is 10.1. The van der Waals surface area contributed by atoms with E-state index >= 15 is 0 Å². The van der Waals surface area contributed by atoms with Gasteiger partial charge < -0.3 is 9.47 Å². The van der Waals surface area contributed by atoms with Crippen molar-refractivity contribution in [1.82, 2.24) is 10.1 Å². The highest BCUT2D eigenvalue weighted by Crippen LogP contribution is 2.10. The molecule has 0 heterocycles. The predicted octanol–water partition coefficient (Wildman–Crippen LogP) is 6.84. The number of ether oxygens (including phenoxy) is 2. The normalized spacial score (nSPS) is 11.8. The summed E-state index contributed by atoms with van der Waals surface area (Å²) in [7, 11) is 3.91. The maximum absolute atomic E-state index is 5.58. The van der Waals surface area contributed by atoms with Gasteiger partial charge in [-0.25, -0.2) is 19.6 Å². The molecule has 0 aromatic carbocycles. The third-order valence-corrected chi connectivity index (χ3v) is 6.39. The van der Waals surface area contributed by atoms with Crippen LogP contribution in [0.4, 0.5) is 0 Å². The first kappa shape index (κ1) is 39.6. The van der Waals surface area contributed by atoms with Gasteiger partial charge in [0.2, 0.25) is 0 Å². The van der Waals surface area contributed by atoms with Crippen LogP contribution in [0.25, 0.3) is 0 Å². The minimum atomic E-state index is 0.246. The zero-order valence-corrected chi connectivity index (χ0v) is 26.5. The lowest BCUT2D eigenvalue weighted by Crippen LogP contribution is -2.23. The van der Waals surface area contributed by atoms with Gasteiger partial charge in [0.1, 0.15) is 0 Å². The fourth-order valence-corrected chi connectivity index (χ4v) is 4.02. The Labute approximate surface area is 246 Å². The Morgan fingerprint density at radius 1 is 0.375 bits per heavy atom. The van der Waals surface area contributed by atoms with E-state index in [1.54, 1.807) is 0 Å². The van der Waals surface area contributed by atoms with Gasteiger partial charge in [-0.05, 0) is 39.5 Å². The average molecular weight is 581 g/mol. The largest absolute Gasteiger partial charge is 0.351 e. The van der Waals surface area contributed by atoms with Crippen molar-refractivity contribution in [3.63, 3.8) is 0 Å². The van der Waals surface area contributed by atoms with Crippen molar-refractivity contribution in [3.8, 4) is 0 Å². The summed E-state index contributed by atoms with van der Waals surface area (Å²) in [6.07, 6.45) is 19.6. The molecule has 0 unspecified atom stereocenters. The maximum atomic E-state index is 5.58. The number of nitrogens with zero attached hydrogens (tertiary/aromatic N) is 2. The SMILES string of the molecule is CCOOCCCCCCCCCCN(C)OCOCCOCON(C)CCCCCCCCCCOOCC. The van der Waals surface area contributed by atoms with Crippen LogP contribution in [0.5, 0.6) is 0 Å². The minimum absolute atomic E-state index is 0.246. The van der Waals surface area contributed by atoms with E-state index in [0.717, 1.165) is 38.8 Å². The lowest BCUT2D eigenvalue weighted by atomic mass is 10.1. The van der Waals surface area contributed by atoms with Gasteiger partial charge in [0.15, 0.2) is 13.6 Å². The molecule has 40 heavy (non-hydrogen) atoms. The van der Waals surface area contributed by atoms with Gasteiger partial charge in [-0.3, -0.25) is 9.68 Å². The van der Waals surface area contributed by atoms with E-state index < -0.39 is 0 Å². The summed E-state index contributed by atoms with van der Waals surface area (Å²) >= 11 is 0. The molecule has 0 atom stereocenters. The molecule has 0 bridgehead atoms. The topological polar surface area (TPSA) is 80.3 Å². The highest BCUT2D eigenvalue weighted by Gasteiger charge is 2.01. The standard InChI is InChI=1S/C30H64N2O8/c1-5-37-39-25-21-17-13-9-7-11-15-19-23-31(3)35-29-33-27-28-34-30-36-32(4)24-20-16-12-8-10-14-18-22-26-40-38-6-2/h5-30H2,1-4H3. The third kappa shape index (κ3) is 33.8. The second kappa shape index (κ2) is 34.8. The van der Waals surface area contributed by atoms with Crippen LogP contribution in [0.2, 0.25) is 0 Å². The molecule has 10 heteroatoms. The average Bonchev–Trinajstić information content (AvgIpc) is 2.95.